The Bertz CT molecular complexity index is 864. The van der Waals surface area contributed by atoms with Crippen LogP contribution in [-0.4, -0.2) is 75.5 Å². The molecule has 0 spiro atoms. The predicted octanol–water partition coefficient (Wildman–Crippen LogP) is 8.80. The van der Waals surface area contributed by atoms with Gasteiger partial charge in [-0.25, -0.2) is 0 Å². The van der Waals surface area contributed by atoms with Crippen molar-refractivity contribution >= 4 is 17.9 Å². The van der Waals surface area contributed by atoms with E-state index in [-0.39, 0.29) is 49.1 Å². The zero-order valence-electron chi connectivity index (χ0n) is 32.4. The molecule has 2 atom stereocenters. The molecule has 0 aliphatic carbocycles. The molecule has 8 heteroatoms. The monoisotopic (exact) mass is 694 g/mol. The van der Waals surface area contributed by atoms with E-state index in [2.05, 4.69) is 32.1 Å². The molecule has 0 radical (unpaired) electrons. The largest absolute Gasteiger partial charge is 0.544 e. The second kappa shape index (κ2) is 33.0. The maximum absolute atomic E-state index is 12.6. The van der Waals surface area contributed by atoms with Gasteiger partial charge in [0.1, 0.15) is 12.6 Å². The highest BCUT2D eigenvalue weighted by Gasteiger charge is 2.25. The van der Waals surface area contributed by atoms with E-state index in [1.807, 2.05) is 6.08 Å². The van der Waals surface area contributed by atoms with Crippen molar-refractivity contribution in [2.24, 2.45) is 0 Å². The molecule has 0 rings (SSSR count). The lowest BCUT2D eigenvalue weighted by Gasteiger charge is -2.34. The summed E-state index contributed by atoms with van der Waals surface area (Å²) < 4.78 is 17.0. The Balaban J connectivity index is 4.36. The lowest BCUT2D eigenvalue weighted by Crippen LogP contribution is -2.55. The van der Waals surface area contributed by atoms with Gasteiger partial charge in [0, 0.05) is 19.3 Å². The minimum Gasteiger partial charge on any atom is -0.544 e. The SMILES string of the molecule is CCCCCC/C=C/CCC(=O)OCC(COCCC(C(=O)[O-])[N+](C)(C)C)OC(=O)CCCCCCCCC/C=C/CCCCCCCC. The fourth-order valence-electron chi connectivity index (χ4n) is 5.67. The highest BCUT2D eigenvalue weighted by atomic mass is 16.6. The minimum absolute atomic E-state index is 0.0296. The van der Waals surface area contributed by atoms with Crippen LogP contribution in [0, 0.1) is 0 Å². The first-order valence-electron chi connectivity index (χ1n) is 19.9. The first-order chi connectivity index (χ1) is 23.6. The van der Waals surface area contributed by atoms with Crippen molar-refractivity contribution in [2.75, 3.05) is 41.0 Å². The zero-order valence-corrected chi connectivity index (χ0v) is 32.4. The van der Waals surface area contributed by atoms with Crippen molar-refractivity contribution in [1.82, 2.24) is 0 Å². The van der Waals surface area contributed by atoms with Crippen LogP contribution in [-0.2, 0) is 28.6 Å². The summed E-state index contributed by atoms with van der Waals surface area (Å²) in [5.74, 6) is -1.81. The number of likely N-dealkylation sites (N-methyl/N-ethyl adjacent to an activating group) is 1. The molecule has 0 aromatic carbocycles. The molecule has 2 unspecified atom stereocenters. The van der Waals surface area contributed by atoms with Crippen LogP contribution >= 0.6 is 0 Å². The van der Waals surface area contributed by atoms with Gasteiger partial charge in [0.05, 0.1) is 40.3 Å². The van der Waals surface area contributed by atoms with Crippen LogP contribution < -0.4 is 5.11 Å². The number of carbonyl (C=O) groups excluding carboxylic acids is 3. The Morgan fingerprint density at radius 1 is 0.592 bits per heavy atom. The summed E-state index contributed by atoms with van der Waals surface area (Å²) in [5, 5.41) is 11.6. The third-order valence-corrected chi connectivity index (χ3v) is 8.82. The average Bonchev–Trinajstić information content (AvgIpc) is 3.05. The number of carboxylic acids is 1. The highest BCUT2D eigenvalue weighted by Crippen LogP contribution is 2.13. The van der Waals surface area contributed by atoms with Crippen LogP contribution in [0.1, 0.15) is 168 Å². The van der Waals surface area contributed by atoms with Gasteiger partial charge in [-0.1, -0.05) is 122 Å². The summed E-state index contributed by atoms with van der Waals surface area (Å²) in [4.78, 5) is 36.5. The van der Waals surface area contributed by atoms with Gasteiger partial charge in [-0.15, -0.1) is 0 Å². The molecule has 8 nitrogen and oxygen atoms in total. The van der Waals surface area contributed by atoms with Crippen molar-refractivity contribution in [3.05, 3.63) is 24.3 Å². The molecule has 0 aliphatic rings. The molecular formula is C41H75NO7. The van der Waals surface area contributed by atoms with Crippen molar-refractivity contribution in [1.29, 1.82) is 0 Å². The Morgan fingerprint density at radius 3 is 1.57 bits per heavy atom. The smallest absolute Gasteiger partial charge is 0.306 e. The van der Waals surface area contributed by atoms with E-state index in [4.69, 9.17) is 14.2 Å². The highest BCUT2D eigenvalue weighted by molar-refractivity contribution is 5.70. The van der Waals surface area contributed by atoms with Crippen molar-refractivity contribution in [3.63, 3.8) is 0 Å². The number of rotatable bonds is 35. The Labute approximate surface area is 301 Å². The Kier molecular flexibility index (Phi) is 31.5. The Morgan fingerprint density at radius 2 is 1.06 bits per heavy atom. The first kappa shape index (κ1) is 46.8. The van der Waals surface area contributed by atoms with E-state index in [9.17, 15) is 19.5 Å². The summed E-state index contributed by atoms with van der Waals surface area (Å²) in [6.45, 7) is 4.56. The van der Waals surface area contributed by atoms with E-state index < -0.39 is 18.1 Å². The quantitative estimate of drug-likeness (QED) is 0.0283. The topological polar surface area (TPSA) is 102 Å². The number of carbonyl (C=O) groups is 3. The second-order valence-corrected chi connectivity index (χ2v) is 14.5. The first-order valence-corrected chi connectivity index (χ1v) is 19.9. The van der Waals surface area contributed by atoms with Crippen LogP contribution in [0.3, 0.4) is 0 Å². The number of hydrogen-bond acceptors (Lipinski definition) is 7. The van der Waals surface area contributed by atoms with Crippen LogP contribution in [0.5, 0.6) is 0 Å². The number of esters is 2. The van der Waals surface area contributed by atoms with Crippen LogP contribution in [0.25, 0.3) is 0 Å². The third kappa shape index (κ3) is 31.5. The molecule has 0 aromatic heterocycles. The number of quaternary nitrogens is 1. The lowest BCUT2D eigenvalue weighted by molar-refractivity contribution is -0.889. The molecule has 0 aromatic rings. The van der Waals surface area contributed by atoms with Crippen LogP contribution in [0.15, 0.2) is 24.3 Å². The molecule has 0 aliphatic heterocycles. The van der Waals surface area contributed by atoms with E-state index in [1.54, 1.807) is 21.1 Å². The molecule has 0 fully saturated rings. The molecule has 0 saturated carbocycles. The maximum Gasteiger partial charge on any atom is 0.306 e. The second-order valence-electron chi connectivity index (χ2n) is 14.5. The Hall–Kier alpha value is -2.19. The van der Waals surface area contributed by atoms with Gasteiger partial charge < -0.3 is 28.6 Å². The number of aliphatic carboxylic acids is 1. The molecule has 0 heterocycles. The number of hydrogen-bond donors (Lipinski definition) is 0. The number of ether oxygens (including phenoxy) is 3. The summed E-state index contributed by atoms with van der Waals surface area (Å²) in [6.07, 6.45) is 33.6. The minimum atomic E-state index is -1.13. The number of nitrogens with zero attached hydrogens (tertiary/aromatic N) is 1. The standard InChI is InChI=1S/C41H75NO7/c1-6-8-10-12-14-16-17-18-19-20-21-22-23-24-26-28-30-32-40(44)49-37(35-47-34-33-38(41(45)46)42(3,4)5)36-48-39(43)31-29-27-25-15-13-11-9-7-2/h18-19,25,27,37-38H,6-17,20-24,26,28-36H2,1-5H3/b19-18+,27-25+. The van der Waals surface area contributed by atoms with Crippen molar-refractivity contribution in [2.45, 2.75) is 180 Å². The molecule has 0 N–H and O–H groups in total. The molecule has 286 valence electrons. The van der Waals surface area contributed by atoms with Crippen molar-refractivity contribution < 1.29 is 38.2 Å². The van der Waals surface area contributed by atoms with E-state index in [0.29, 0.717) is 12.8 Å². The number of allylic oxidation sites excluding steroid dienone is 4. The molecule has 49 heavy (non-hydrogen) atoms. The van der Waals surface area contributed by atoms with Gasteiger partial charge in [-0.05, 0) is 51.4 Å². The van der Waals surface area contributed by atoms with Crippen LogP contribution in [0.4, 0.5) is 0 Å². The van der Waals surface area contributed by atoms with E-state index in [1.165, 1.54) is 96.3 Å². The van der Waals surface area contributed by atoms with Gasteiger partial charge in [-0.3, -0.25) is 9.59 Å². The zero-order chi connectivity index (χ0) is 36.4. The average molecular weight is 694 g/mol. The normalized spacial score (nSPS) is 13.2. The summed E-state index contributed by atoms with van der Waals surface area (Å²) >= 11 is 0. The van der Waals surface area contributed by atoms with Gasteiger partial charge in [0.15, 0.2) is 6.10 Å². The van der Waals surface area contributed by atoms with E-state index in [0.717, 1.165) is 32.1 Å². The van der Waals surface area contributed by atoms with Crippen LogP contribution in [0.2, 0.25) is 0 Å². The van der Waals surface area contributed by atoms with Crippen molar-refractivity contribution in [3.8, 4) is 0 Å². The number of unbranched alkanes of at least 4 members (excludes halogenated alkanes) is 17. The van der Waals surface area contributed by atoms with Gasteiger partial charge in [-0.2, -0.15) is 0 Å². The van der Waals surface area contributed by atoms with E-state index >= 15 is 0 Å². The summed E-state index contributed by atoms with van der Waals surface area (Å²) in [6, 6.07) is -0.727. The molecular weight excluding hydrogens is 618 g/mol. The van der Waals surface area contributed by atoms with Gasteiger partial charge in [0.25, 0.3) is 0 Å². The van der Waals surface area contributed by atoms with Gasteiger partial charge >= 0.3 is 11.9 Å². The lowest BCUT2D eigenvalue weighted by atomic mass is 10.1. The fourth-order valence-corrected chi connectivity index (χ4v) is 5.67. The third-order valence-electron chi connectivity index (χ3n) is 8.82. The summed E-state index contributed by atoms with van der Waals surface area (Å²) in [7, 11) is 5.38. The van der Waals surface area contributed by atoms with Gasteiger partial charge in [0.2, 0.25) is 0 Å². The molecule has 0 amide bonds. The fraction of sp³-hybridized carbons (Fsp3) is 0.829. The maximum atomic E-state index is 12.6. The molecule has 0 bridgehead atoms. The molecule has 0 saturated heterocycles. The summed E-state index contributed by atoms with van der Waals surface area (Å²) in [5.41, 5.74) is 0. The predicted molar refractivity (Wildman–Crippen MR) is 199 cm³/mol. The number of carboxylic acid groups (broad SMARTS) is 1.